The first-order chi connectivity index (χ1) is 9.54. The Morgan fingerprint density at radius 3 is 2.29 bits per heavy atom. The van der Waals surface area contributed by atoms with Crippen LogP contribution in [0.3, 0.4) is 0 Å². The van der Waals surface area contributed by atoms with Crippen LogP contribution in [0.5, 0.6) is 0 Å². The predicted octanol–water partition coefficient (Wildman–Crippen LogP) is 0.655. The molecule has 0 saturated heterocycles. The molecule has 0 aromatic carbocycles. The monoisotopic (exact) mass is 339 g/mol. The van der Waals surface area contributed by atoms with E-state index in [1.54, 1.807) is 0 Å². The number of carboxylic acids is 1. The molecule has 0 fully saturated rings. The van der Waals surface area contributed by atoms with E-state index < -0.39 is 40.7 Å². The molecule has 120 valence electrons. The molecule has 0 spiro atoms. The Balaban J connectivity index is 4.28. The minimum atomic E-state index is -1.29. The molecule has 0 unspecified atom stereocenters. The fourth-order valence-corrected chi connectivity index (χ4v) is 1.59. The number of thiol groups is 1. The van der Waals surface area contributed by atoms with Crippen LogP contribution in [0.2, 0.25) is 0 Å². The highest BCUT2D eigenvalue weighted by atomic mass is 32.2. The fourth-order valence-electron chi connectivity index (χ4n) is 0.863. The summed E-state index contributed by atoms with van der Waals surface area (Å²) in [5.41, 5.74) is 0. The lowest BCUT2D eigenvalue weighted by atomic mass is 10.2. The molecule has 0 bridgehead atoms. The van der Waals surface area contributed by atoms with E-state index in [2.05, 4.69) is 27.4 Å². The van der Waals surface area contributed by atoms with Gasteiger partial charge in [0.1, 0.15) is 6.04 Å². The Morgan fingerprint density at radius 2 is 1.86 bits per heavy atom. The number of rotatable bonds is 7. The van der Waals surface area contributed by atoms with Crippen LogP contribution in [0.25, 0.3) is 0 Å². The molecule has 0 aromatic heterocycles. The second-order valence-corrected chi connectivity index (χ2v) is 6.46. The summed E-state index contributed by atoms with van der Waals surface area (Å²) >= 11 is 4.56. The van der Waals surface area contributed by atoms with E-state index in [0.29, 0.717) is 11.8 Å². The quantitative estimate of drug-likeness (QED) is 0.351. The Bertz CT molecular complexity index is 419. The number of amides is 1. The van der Waals surface area contributed by atoms with Crippen LogP contribution >= 0.6 is 24.4 Å². The molecule has 0 rings (SSSR count). The number of thioether (sulfide) groups is 1. The lowest BCUT2D eigenvalue weighted by Gasteiger charge is -2.20. The van der Waals surface area contributed by atoms with Crippen molar-refractivity contribution in [2.75, 3.05) is 12.5 Å². The van der Waals surface area contributed by atoms with E-state index in [9.17, 15) is 19.2 Å². The molecule has 8 nitrogen and oxygen atoms in total. The average Bonchev–Trinajstić information content (AvgIpc) is 2.31. The highest BCUT2D eigenvalue weighted by Crippen LogP contribution is 2.13. The van der Waals surface area contributed by atoms with E-state index in [1.807, 2.05) is 0 Å². The predicted molar refractivity (Wildman–Crippen MR) is 78.2 cm³/mol. The van der Waals surface area contributed by atoms with E-state index in [0.717, 1.165) is 6.92 Å². The van der Waals surface area contributed by atoms with Crippen LogP contribution in [0.15, 0.2) is 0 Å². The summed E-state index contributed by atoms with van der Waals surface area (Å²) < 4.78 is 7.85. The fraction of sp³-hybridized carbons (Fsp3) is 0.636. The summed E-state index contributed by atoms with van der Waals surface area (Å²) in [7, 11) is 0. The molecule has 0 aliphatic carbocycles. The van der Waals surface area contributed by atoms with E-state index in [1.165, 1.54) is 13.8 Å². The van der Waals surface area contributed by atoms with E-state index >= 15 is 0 Å². The number of aliphatic carboxylic acids is 1. The molecule has 0 aromatic rings. The smallest absolute Gasteiger partial charge is 0.370 e. The van der Waals surface area contributed by atoms with Gasteiger partial charge in [-0.2, -0.15) is 12.6 Å². The van der Waals surface area contributed by atoms with Crippen LogP contribution < -0.4 is 5.32 Å². The Kier molecular flexibility index (Phi) is 8.18. The number of hydrogen-bond acceptors (Lipinski definition) is 8. The van der Waals surface area contributed by atoms with Gasteiger partial charge in [-0.25, -0.2) is 9.59 Å². The number of nitrogens with one attached hydrogen (secondary N) is 1. The van der Waals surface area contributed by atoms with Crippen molar-refractivity contribution >= 4 is 47.5 Å². The SMILES string of the molecule is CC(=O)OCOC(=O)SC[C@H](NC(=O)C(C)(C)S)C(=O)O. The molecular weight excluding hydrogens is 322 g/mol. The molecular formula is C11H17NO7S2. The third kappa shape index (κ3) is 9.19. The maximum Gasteiger partial charge on any atom is 0.370 e. The van der Waals surface area contributed by atoms with Gasteiger partial charge in [-0.15, -0.1) is 0 Å². The number of ether oxygens (including phenoxy) is 2. The molecule has 0 aliphatic heterocycles. The summed E-state index contributed by atoms with van der Waals surface area (Å²) in [6.07, 6.45) is 0. The topological polar surface area (TPSA) is 119 Å². The van der Waals surface area contributed by atoms with Crippen LogP contribution in [0, 0.1) is 0 Å². The second kappa shape index (κ2) is 8.78. The first-order valence-electron chi connectivity index (χ1n) is 5.73. The van der Waals surface area contributed by atoms with Gasteiger partial charge in [0.25, 0.3) is 0 Å². The lowest BCUT2D eigenvalue weighted by molar-refractivity contribution is -0.148. The minimum Gasteiger partial charge on any atom is -0.480 e. The van der Waals surface area contributed by atoms with Gasteiger partial charge in [0.2, 0.25) is 12.7 Å². The molecule has 0 radical (unpaired) electrons. The van der Waals surface area contributed by atoms with Crippen molar-refractivity contribution in [3.05, 3.63) is 0 Å². The zero-order valence-corrected chi connectivity index (χ0v) is 13.5. The van der Waals surface area contributed by atoms with Crippen molar-refractivity contribution in [3.8, 4) is 0 Å². The van der Waals surface area contributed by atoms with Crippen molar-refractivity contribution in [3.63, 3.8) is 0 Å². The van der Waals surface area contributed by atoms with Crippen LogP contribution in [-0.2, 0) is 23.9 Å². The minimum absolute atomic E-state index is 0.232. The van der Waals surface area contributed by atoms with Crippen molar-refractivity contribution in [2.24, 2.45) is 0 Å². The summed E-state index contributed by atoms with van der Waals surface area (Å²) in [6, 6.07) is -1.27. The second-order valence-electron chi connectivity index (χ2n) is 4.38. The van der Waals surface area contributed by atoms with Crippen molar-refractivity contribution in [1.82, 2.24) is 5.32 Å². The largest absolute Gasteiger partial charge is 0.480 e. The van der Waals surface area contributed by atoms with Gasteiger partial charge in [0.15, 0.2) is 0 Å². The lowest BCUT2D eigenvalue weighted by Crippen LogP contribution is -2.48. The first kappa shape index (κ1) is 19.6. The number of hydrogen-bond donors (Lipinski definition) is 3. The third-order valence-corrected chi connectivity index (χ3v) is 3.02. The average molecular weight is 339 g/mol. The number of carboxylic acid groups (broad SMARTS) is 1. The maximum absolute atomic E-state index is 11.6. The number of carbonyl (C=O) groups is 4. The van der Waals surface area contributed by atoms with Crippen molar-refractivity contribution < 1.29 is 33.8 Å². The van der Waals surface area contributed by atoms with Gasteiger partial charge in [0.05, 0.1) is 4.75 Å². The molecule has 0 heterocycles. The summed E-state index contributed by atoms with van der Waals surface area (Å²) in [5.74, 6) is -2.71. The highest BCUT2D eigenvalue weighted by molar-refractivity contribution is 8.13. The molecule has 21 heavy (non-hydrogen) atoms. The molecule has 0 aliphatic rings. The standard InChI is InChI=1S/C11H17NO7S2/c1-6(13)18-5-19-10(17)21-4-7(8(14)15)12-9(16)11(2,3)20/h7,20H,4-5H2,1-3H3,(H,12,16)(H,14,15)/t7-/m0/s1. The zero-order valence-electron chi connectivity index (χ0n) is 11.7. The first-order valence-corrected chi connectivity index (χ1v) is 7.16. The summed E-state index contributed by atoms with van der Waals surface area (Å²) in [4.78, 5) is 44.3. The van der Waals surface area contributed by atoms with Gasteiger partial charge in [-0.1, -0.05) is 0 Å². The summed E-state index contributed by atoms with van der Waals surface area (Å²) in [6.45, 7) is 3.61. The number of esters is 1. The normalized spacial score (nSPS) is 12.2. The third-order valence-electron chi connectivity index (χ3n) is 1.97. The highest BCUT2D eigenvalue weighted by Gasteiger charge is 2.28. The Hall–Kier alpha value is -1.42. The van der Waals surface area contributed by atoms with Gasteiger partial charge in [-0.05, 0) is 25.6 Å². The van der Waals surface area contributed by atoms with E-state index in [-0.39, 0.29) is 5.75 Å². The zero-order chi connectivity index (χ0) is 16.6. The molecule has 1 atom stereocenters. The molecule has 10 heteroatoms. The Labute approximate surface area is 131 Å². The molecule has 1 amide bonds. The molecule has 0 saturated carbocycles. The maximum atomic E-state index is 11.6. The van der Waals surface area contributed by atoms with Crippen LogP contribution in [0.4, 0.5) is 4.79 Å². The van der Waals surface area contributed by atoms with Gasteiger partial charge in [-0.3, -0.25) is 9.59 Å². The number of carbonyl (C=O) groups excluding carboxylic acids is 3. The van der Waals surface area contributed by atoms with Crippen LogP contribution in [-0.4, -0.2) is 51.6 Å². The van der Waals surface area contributed by atoms with Gasteiger partial charge < -0.3 is 19.9 Å². The molecule has 2 N–H and O–H groups in total. The van der Waals surface area contributed by atoms with Gasteiger partial charge in [0, 0.05) is 12.7 Å². The van der Waals surface area contributed by atoms with Crippen LogP contribution in [0.1, 0.15) is 20.8 Å². The van der Waals surface area contributed by atoms with Crippen molar-refractivity contribution in [1.29, 1.82) is 0 Å². The van der Waals surface area contributed by atoms with Gasteiger partial charge >= 0.3 is 17.2 Å². The van der Waals surface area contributed by atoms with Crippen molar-refractivity contribution in [2.45, 2.75) is 31.6 Å². The van der Waals surface area contributed by atoms with E-state index in [4.69, 9.17) is 5.11 Å². The Morgan fingerprint density at radius 1 is 1.29 bits per heavy atom. The summed E-state index contributed by atoms with van der Waals surface area (Å²) in [5, 5.41) is 10.4.